The normalized spacial score (nSPS) is 11.8. The second-order valence-electron chi connectivity index (χ2n) is 12.8. The van der Waals surface area contributed by atoms with Crippen LogP contribution >= 0.6 is 0 Å². The zero-order chi connectivity index (χ0) is 30.7. The van der Waals surface area contributed by atoms with Crippen molar-refractivity contribution in [3.8, 4) is 0 Å². The number of carboxylic acid groups (broad SMARTS) is 2. The first-order valence-corrected chi connectivity index (χ1v) is 13.9. The molecular formula is C35H42O6. The molecule has 41 heavy (non-hydrogen) atoms. The molecule has 6 nitrogen and oxygen atoms in total. The number of carboxylic acids is 2. The van der Waals surface area contributed by atoms with E-state index in [4.69, 9.17) is 9.84 Å². The summed E-state index contributed by atoms with van der Waals surface area (Å²) in [6, 6.07) is 12.9. The molecule has 0 fully saturated rings. The van der Waals surface area contributed by atoms with Gasteiger partial charge < -0.3 is 14.9 Å². The van der Waals surface area contributed by atoms with E-state index in [-0.39, 0.29) is 23.0 Å². The van der Waals surface area contributed by atoms with Crippen LogP contribution in [0.25, 0.3) is 0 Å². The fourth-order valence-electron chi connectivity index (χ4n) is 5.48. The third-order valence-corrected chi connectivity index (χ3v) is 8.09. The molecule has 6 heteroatoms. The number of aromatic carboxylic acids is 2. The van der Waals surface area contributed by atoms with Gasteiger partial charge in [0.05, 0.1) is 23.3 Å². The standard InChI is InChI=1S/C35H42O6/c1-21-23(3)30(19-35(7,8)20-41-33(40)28-15-13-27(14-16-28)32(38)39)24(4)22(2)29(21)18-34(5,6)17-25-9-11-26(12-10-25)31(36)37/h9-16H,17-20H2,1-8H3,(H,36,37)(H,38,39). The van der Waals surface area contributed by atoms with Gasteiger partial charge >= 0.3 is 17.9 Å². The first kappa shape index (κ1) is 31.6. The van der Waals surface area contributed by atoms with Crippen LogP contribution in [0, 0.1) is 38.5 Å². The molecule has 0 aliphatic rings. The summed E-state index contributed by atoms with van der Waals surface area (Å²) < 4.78 is 5.65. The second kappa shape index (κ2) is 12.3. The molecule has 0 spiro atoms. The molecule has 0 atom stereocenters. The van der Waals surface area contributed by atoms with Crippen LogP contribution in [-0.2, 0) is 24.0 Å². The van der Waals surface area contributed by atoms with E-state index in [2.05, 4.69) is 55.4 Å². The average molecular weight is 559 g/mol. The molecule has 0 radical (unpaired) electrons. The minimum atomic E-state index is -1.04. The summed E-state index contributed by atoms with van der Waals surface area (Å²) in [5, 5.41) is 18.3. The first-order chi connectivity index (χ1) is 19.0. The Morgan fingerprint density at radius 1 is 0.585 bits per heavy atom. The van der Waals surface area contributed by atoms with Crippen LogP contribution in [0.4, 0.5) is 0 Å². The number of ether oxygens (including phenoxy) is 1. The van der Waals surface area contributed by atoms with Gasteiger partial charge in [-0.1, -0.05) is 39.8 Å². The van der Waals surface area contributed by atoms with Gasteiger partial charge in [0.1, 0.15) is 0 Å². The highest BCUT2D eigenvalue weighted by molar-refractivity contribution is 5.92. The van der Waals surface area contributed by atoms with E-state index in [0.717, 1.165) is 24.8 Å². The number of rotatable bonds is 11. The summed E-state index contributed by atoms with van der Waals surface area (Å²) in [6.07, 6.45) is 2.48. The Labute approximate surface area is 243 Å². The number of carbonyl (C=O) groups excluding carboxylic acids is 1. The van der Waals surface area contributed by atoms with E-state index in [0.29, 0.717) is 11.1 Å². The van der Waals surface area contributed by atoms with Gasteiger partial charge in [0.25, 0.3) is 0 Å². The predicted molar refractivity (Wildman–Crippen MR) is 161 cm³/mol. The topological polar surface area (TPSA) is 101 Å². The Hall–Kier alpha value is -3.93. The van der Waals surface area contributed by atoms with E-state index in [1.807, 2.05) is 12.1 Å². The Morgan fingerprint density at radius 3 is 1.37 bits per heavy atom. The fraction of sp³-hybridized carbons (Fsp3) is 0.400. The van der Waals surface area contributed by atoms with Gasteiger partial charge in [-0.15, -0.1) is 0 Å². The van der Waals surface area contributed by atoms with Gasteiger partial charge in [-0.05, 0) is 128 Å². The molecule has 0 aliphatic heterocycles. The van der Waals surface area contributed by atoms with Gasteiger partial charge in [0.15, 0.2) is 0 Å². The quantitative estimate of drug-likeness (QED) is 0.236. The summed E-state index contributed by atoms with van der Waals surface area (Å²) >= 11 is 0. The van der Waals surface area contributed by atoms with Crippen LogP contribution in [0.5, 0.6) is 0 Å². The molecule has 0 unspecified atom stereocenters. The first-order valence-electron chi connectivity index (χ1n) is 13.9. The Bertz CT molecular complexity index is 1410. The van der Waals surface area contributed by atoms with Crippen molar-refractivity contribution in [2.75, 3.05) is 6.61 Å². The van der Waals surface area contributed by atoms with Crippen molar-refractivity contribution >= 4 is 17.9 Å². The zero-order valence-electron chi connectivity index (χ0n) is 25.5. The van der Waals surface area contributed by atoms with E-state index < -0.39 is 17.9 Å². The van der Waals surface area contributed by atoms with Gasteiger partial charge in [0.2, 0.25) is 0 Å². The monoisotopic (exact) mass is 558 g/mol. The molecule has 3 aromatic rings. The molecule has 0 bridgehead atoms. The Kier molecular flexibility index (Phi) is 9.47. The van der Waals surface area contributed by atoms with Gasteiger partial charge in [-0.3, -0.25) is 0 Å². The minimum Gasteiger partial charge on any atom is -0.478 e. The summed E-state index contributed by atoms with van der Waals surface area (Å²) in [5.41, 5.74) is 9.23. The minimum absolute atomic E-state index is 0.0310. The molecule has 0 aliphatic carbocycles. The third-order valence-electron chi connectivity index (χ3n) is 8.09. The highest BCUT2D eigenvalue weighted by atomic mass is 16.5. The molecule has 2 N–H and O–H groups in total. The lowest BCUT2D eigenvalue weighted by Gasteiger charge is -2.31. The second-order valence-corrected chi connectivity index (χ2v) is 12.8. The van der Waals surface area contributed by atoms with Crippen molar-refractivity contribution in [3.63, 3.8) is 0 Å². The predicted octanol–water partition coefficient (Wildman–Crippen LogP) is 7.55. The largest absolute Gasteiger partial charge is 0.478 e. The maximum Gasteiger partial charge on any atom is 0.338 e. The molecule has 218 valence electrons. The van der Waals surface area contributed by atoms with Gasteiger partial charge in [0, 0.05) is 5.41 Å². The maximum atomic E-state index is 12.6. The summed E-state index contributed by atoms with van der Waals surface area (Å²) in [6.45, 7) is 17.6. The average Bonchev–Trinajstić information content (AvgIpc) is 2.91. The number of carbonyl (C=O) groups is 3. The molecule has 3 aromatic carbocycles. The third kappa shape index (κ3) is 7.84. The molecule has 0 saturated carbocycles. The fourth-order valence-corrected chi connectivity index (χ4v) is 5.48. The number of benzene rings is 3. The Balaban J connectivity index is 1.75. The lowest BCUT2D eigenvalue weighted by atomic mass is 9.74. The van der Waals surface area contributed by atoms with Crippen LogP contribution in [0.15, 0.2) is 48.5 Å². The van der Waals surface area contributed by atoms with Crippen molar-refractivity contribution < 1.29 is 29.3 Å². The SMILES string of the molecule is Cc1c(C)c(CC(C)(C)Cc2ccc(C(=O)O)cc2)c(C)c(C)c1CC(C)(C)COC(=O)c1ccc(C(=O)O)cc1. The van der Waals surface area contributed by atoms with Crippen LogP contribution in [0.3, 0.4) is 0 Å². The summed E-state index contributed by atoms with van der Waals surface area (Å²) in [7, 11) is 0. The van der Waals surface area contributed by atoms with E-state index in [1.54, 1.807) is 12.1 Å². The number of hydrogen-bond acceptors (Lipinski definition) is 4. The highest BCUT2D eigenvalue weighted by Crippen LogP contribution is 2.36. The van der Waals surface area contributed by atoms with Gasteiger partial charge in [-0.25, -0.2) is 14.4 Å². The summed E-state index contributed by atoms with van der Waals surface area (Å²) in [5.74, 6) is -2.42. The molecule has 0 amide bonds. The van der Waals surface area contributed by atoms with Crippen LogP contribution in [0.1, 0.15) is 97.7 Å². The zero-order valence-corrected chi connectivity index (χ0v) is 25.5. The van der Waals surface area contributed by atoms with Crippen LogP contribution in [0.2, 0.25) is 0 Å². The van der Waals surface area contributed by atoms with Gasteiger partial charge in [-0.2, -0.15) is 0 Å². The van der Waals surface area contributed by atoms with Crippen molar-refractivity contribution in [3.05, 3.63) is 104 Å². The van der Waals surface area contributed by atoms with Crippen LogP contribution in [-0.4, -0.2) is 34.7 Å². The van der Waals surface area contributed by atoms with Crippen molar-refractivity contribution in [1.29, 1.82) is 0 Å². The number of esters is 1. The molecular weight excluding hydrogens is 516 g/mol. The number of hydrogen-bond donors (Lipinski definition) is 2. The molecule has 0 heterocycles. The van der Waals surface area contributed by atoms with E-state index >= 15 is 0 Å². The Morgan fingerprint density at radius 2 is 0.951 bits per heavy atom. The van der Waals surface area contributed by atoms with E-state index in [9.17, 15) is 19.5 Å². The molecule has 0 saturated heterocycles. The van der Waals surface area contributed by atoms with Crippen molar-refractivity contribution in [2.24, 2.45) is 10.8 Å². The van der Waals surface area contributed by atoms with E-state index in [1.165, 1.54) is 57.6 Å². The molecule has 3 rings (SSSR count). The lowest BCUT2D eigenvalue weighted by molar-refractivity contribution is 0.0340. The lowest BCUT2D eigenvalue weighted by Crippen LogP contribution is -2.26. The van der Waals surface area contributed by atoms with Crippen molar-refractivity contribution in [2.45, 2.75) is 74.7 Å². The smallest absolute Gasteiger partial charge is 0.338 e. The highest BCUT2D eigenvalue weighted by Gasteiger charge is 2.28. The summed E-state index contributed by atoms with van der Waals surface area (Å²) in [4.78, 5) is 34.9. The maximum absolute atomic E-state index is 12.6. The van der Waals surface area contributed by atoms with Crippen molar-refractivity contribution in [1.82, 2.24) is 0 Å². The molecule has 0 aromatic heterocycles. The van der Waals surface area contributed by atoms with Crippen LogP contribution < -0.4 is 0 Å².